The van der Waals surface area contributed by atoms with Crippen molar-refractivity contribution in [1.82, 2.24) is 5.32 Å². The van der Waals surface area contributed by atoms with Crippen LogP contribution in [0, 0.1) is 0 Å². The third-order valence-electron chi connectivity index (χ3n) is 6.69. The molecule has 2 atom stereocenters. The number of amides is 1. The second-order valence-corrected chi connectivity index (χ2v) is 10.2. The van der Waals surface area contributed by atoms with Crippen LogP contribution in [0.3, 0.4) is 0 Å². The highest BCUT2D eigenvalue weighted by molar-refractivity contribution is 9.10. The molecule has 7 nitrogen and oxygen atoms in total. The van der Waals surface area contributed by atoms with E-state index < -0.39 is 11.6 Å². The van der Waals surface area contributed by atoms with Crippen molar-refractivity contribution in [2.75, 3.05) is 13.2 Å². The molecule has 1 heterocycles. The smallest absolute Gasteiger partial charge is 0.252 e. The number of aliphatic hydroxyl groups is 2. The number of carbonyl (C=O) groups is 1. The van der Waals surface area contributed by atoms with E-state index in [4.69, 9.17) is 19.6 Å². The number of nitrogens with one attached hydrogen (secondary N) is 1. The molecule has 8 heteroatoms. The summed E-state index contributed by atoms with van der Waals surface area (Å²) >= 11 is 3.48. The Bertz CT molecular complexity index is 1060. The third-order valence-corrected chi connectivity index (χ3v) is 7.22. The van der Waals surface area contributed by atoms with Gasteiger partial charge in [-0.25, -0.2) is 4.99 Å². The van der Waals surface area contributed by atoms with E-state index in [1.165, 1.54) is 0 Å². The Kier molecular flexibility index (Phi) is 8.82. The molecule has 2 aromatic carbocycles. The Morgan fingerprint density at radius 2 is 1.86 bits per heavy atom. The van der Waals surface area contributed by atoms with E-state index >= 15 is 0 Å². The zero-order valence-corrected chi connectivity index (χ0v) is 21.8. The fraction of sp³-hybridized carbons (Fsp3) is 0.429. The van der Waals surface area contributed by atoms with Crippen LogP contribution in [-0.4, -0.2) is 52.9 Å². The maximum Gasteiger partial charge on any atom is 0.252 e. The highest BCUT2D eigenvalue weighted by Crippen LogP contribution is 2.43. The first-order valence-electron chi connectivity index (χ1n) is 12.4. The minimum Gasteiger partial charge on any atom is -0.494 e. The van der Waals surface area contributed by atoms with Gasteiger partial charge in [-0.3, -0.25) is 4.79 Å². The number of rotatable bonds is 10. The SMILES string of the molecule is C=CC[C@@]1(C(=O)NC2CCC(O)CC2)N=C(c2ccc(OCCCO)cc2)O[C@@H]1c1ccc(Br)cc1. The van der Waals surface area contributed by atoms with Gasteiger partial charge in [0.2, 0.25) is 5.90 Å². The summed E-state index contributed by atoms with van der Waals surface area (Å²) in [5, 5.41) is 22.0. The Morgan fingerprint density at radius 1 is 1.17 bits per heavy atom. The lowest BCUT2D eigenvalue weighted by atomic mass is 9.83. The van der Waals surface area contributed by atoms with Gasteiger partial charge in [-0.2, -0.15) is 0 Å². The Morgan fingerprint density at radius 3 is 2.50 bits per heavy atom. The summed E-state index contributed by atoms with van der Waals surface area (Å²) in [6, 6.07) is 15.1. The molecule has 1 aliphatic heterocycles. The van der Waals surface area contributed by atoms with E-state index in [9.17, 15) is 9.90 Å². The number of nitrogens with zero attached hydrogens (tertiary/aromatic N) is 1. The molecule has 2 aromatic rings. The highest BCUT2D eigenvalue weighted by Gasteiger charge is 2.52. The first-order chi connectivity index (χ1) is 17.4. The molecule has 1 amide bonds. The van der Waals surface area contributed by atoms with Crippen molar-refractivity contribution in [3.63, 3.8) is 0 Å². The molecule has 0 aromatic heterocycles. The molecule has 192 valence electrons. The summed E-state index contributed by atoms with van der Waals surface area (Å²) in [5.74, 6) is 0.876. The van der Waals surface area contributed by atoms with Crippen molar-refractivity contribution in [2.24, 2.45) is 4.99 Å². The van der Waals surface area contributed by atoms with Gasteiger partial charge in [0.05, 0.1) is 12.7 Å². The summed E-state index contributed by atoms with van der Waals surface area (Å²) in [7, 11) is 0. The summed E-state index contributed by atoms with van der Waals surface area (Å²) < 4.78 is 13.0. The quantitative estimate of drug-likeness (QED) is 0.296. The van der Waals surface area contributed by atoms with Crippen molar-refractivity contribution in [3.05, 3.63) is 76.8 Å². The van der Waals surface area contributed by atoms with E-state index in [2.05, 4.69) is 27.8 Å². The van der Waals surface area contributed by atoms with E-state index in [-0.39, 0.29) is 24.7 Å². The molecule has 1 aliphatic carbocycles. The van der Waals surface area contributed by atoms with Gasteiger partial charge in [0.15, 0.2) is 11.6 Å². The number of hydrogen-bond acceptors (Lipinski definition) is 6. The fourth-order valence-corrected chi connectivity index (χ4v) is 4.97. The lowest BCUT2D eigenvalue weighted by Crippen LogP contribution is -2.52. The van der Waals surface area contributed by atoms with Crippen LogP contribution in [0.25, 0.3) is 0 Å². The number of halogens is 1. The van der Waals surface area contributed by atoms with Crippen LogP contribution in [0.2, 0.25) is 0 Å². The van der Waals surface area contributed by atoms with Gasteiger partial charge in [0, 0.05) is 35.5 Å². The van der Waals surface area contributed by atoms with Crippen LogP contribution in [0.5, 0.6) is 5.75 Å². The van der Waals surface area contributed by atoms with Crippen molar-refractivity contribution >= 4 is 27.7 Å². The molecule has 3 N–H and O–H groups in total. The van der Waals surface area contributed by atoms with Crippen LogP contribution in [0.4, 0.5) is 0 Å². The standard InChI is InChI=1S/C28H33BrN2O5/c1-2-16-28(27(34)30-22-10-12-23(33)13-11-22)25(19-4-8-21(29)9-5-19)36-26(31-28)20-6-14-24(15-7-20)35-18-3-17-32/h2,4-9,14-15,22-23,25,32-33H,1,3,10-13,16-18H2,(H,30,34)/t22?,23?,25-,28-/m1/s1. The van der Waals surface area contributed by atoms with Gasteiger partial charge in [-0.05, 0) is 67.6 Å². The predicted molar refractivity (Wildman–Crippen MR) is 142 cm³/mol. The number of benzene rings is 2. The van der Waals surface area contributed by atoms with Gasteiger partial charge in [-0.15, -0.1) is 6.58 Å². The van der Waals surface area contributed by atoms with E-state index in [0.29, 0.717) is 43.9 Å². The molecular weight excluding hydrogens is 524 g/mol. The third kappa shape index (κ3) is 5.99. The molecule has 0 saturated heterocycles. The topological polar surface area (TPSA) is 100 Å². The van der Waals surface area contributed by atoms with E-state index in [0.717, 1.165) is 28.4 Å². The average Bonchev–Trinajstić information content (AvgIpc) is 3.27. The van der Waals surface area contributed by atoms with E-state index in [1.54, 1.807) is 6.08 Å². The largest absolute Gasteiger partial charge is 0.494 e. The Labute approximate surface area is 220 Å². The van der Waals surface area contributed by atoms with Gasteiger partial charge in [0.1, 0.15) is 5.75 Å². The molecule has 36 heavy (non-hydrogen) atoms. The molecule has 1 saturated carbocycles. The first-order valence-corrected chi connectivity index (χ1v) is 13.2. The Hall–Kier alpha value is -2.68. The van der Waals surface area contributed by atoms with Gasteiger partial charge in [-0.1, -0.05) is 34.1 Å². The number of carbonyl (C=O) groups excluding carboxylic acids is 1. The first kappa shape index (κ1) is 26.4. The number of aliphatic hydroxyl groups excluding tert-OH is 2. The molecule has 4 rings (SSSR count). The number of ether oxygens (including phenoxy) is 2. The summed E-state index contributed by atoms with van der Waals surface area (Å²) in [5.41, 5.74) is 0.375. The predicted octanol–water partition coefficient (Wildman–Crippen LogP) is 4.46. The van der Waals surface area contributed by atoms with Crippen LogP contribution in [-0.2, 0) is 9.53 Å². The molecule has 0 unspecified atom stereocenters. The maximum absolute atomic E-state index is 13.9. The van der Waals surface area contributed by atoms with Gasteiger partial charge < -0.3 is 25.0 Å². The molecule has 0 radical (unpaired) electrons. The highest BCUT2D eigenvalue weighted by atomic mass is 79.9. The van der Waals surface area contributed by atoms with E-state index in [1.807, 2.05) is 48.5 Å². The minimum absolute atomic E-state index is 0.0113. The summed E-state index contributed by atoms with van der Waals surface area (Å²) in [4.78, 5) is 18.8. The zero-order valence-electron chi connectivity index (χ0n) is 20.2. The van der Waals surface area contributed by atoms with Crippen LogP contribution >= 0.6 is 15.9 Å². The van der Waals surface area contributed by atoms with Crippen molar-refractivity contribution < 1.29 is 24.5 Å². The zero-order chi connectivity index (χ0) is 25.5. The number of aliphatic imine (C=N–C) groups is 1. The second kappa shape index (κ2) is 12.0. The van der Waals surface area contributed by atoms with Gasteiger partial charge in [0.25, 0.3) is 5.91 Å². The normalized spacial score (nSPS) is 25.5. The monoisotopic (exact) mass is 556 g/mol. The van der Waals surface area contributed by atoms with Crippen molar-refractivity contribution in [1.29, 1.82) is 0 Å². The molecule has 1 fully saturated rings. The second-order valence-electron chi connectivity index (χ2n) is 9.31. The Balaban J connectivity index is 1.65. The van der Waals surface area contributed by atoms with Crippen LogP contribution in [0.1, 0.15) is 55.8 Å². The lowest BCUT2D eigenvalue weighted by Gasteiger charge is -2.33. The molecular formula is C28H33BrN2O5. The van der Waals surface area contributed by atoms with Crippen molar-refractivity contribution in [2.45, 2.75) is 62.3 Å². The van der Waals surface area contributed by atoms with Crippen LogP contribution < -0.4 is 10.1 Å². The average molecular weight is 557 g/mol. The van der Waals surface area contributed by atoms with Crippen molar-refractivity contribution in [3.8, 4) is 5.75 Å². The summed E-state index contributed by atoms with van der Waals surface area (Å²) in [6.07, 6.45) is 4.46. The van der Waals surface area contributed by atoms with Crippen LogP contribution in [0.15, 0.2) is 70.7 Å². The maximum atomic E-state index is 13.9. The summed E-state index contributed by atoms with van der Waals surface area (Å²) in [6.45, 7) is 4.42. The number of hydrogen-bond donors (Lipinski definition) is 3. The van der Waals surface area contributed by atoms with Gasteiger partial charge >= 0.3 is 0 Å². The molecule has 2 aliphatic rings. The fourth-order valence-electron chi connectivity index (χ4n) is 4.70. The minimum atomic E-state index is -1.21. The molecule has 0 bridgehead atoms. The molecule has 0 spiro atoms. The lowest BCUT2D eigenvalue weighted by molar-refractivity contribution is -0.130.